The summed E-state index contributed by atoms with van der Waals surface area (Å²) in [4.78, 5) is 0. The first-order chi connectivity index (χ1) is 15.3. The molecular formula is C30H24O. The minimum atomic E-state index is -0.278. The lowest BCUT2D eigenvalue weighted by atomic mass is 9.76. The molecule has 150 valence electrons. The first kappa shape index (κ1) is 17.5. The van der Waals surface area contributed by atoms with Crippen LogP contribution in [0.15, 0.2) is 103 Å². The molecule has 1 saturated heterocycles. The number of fused-ring (bicyclic) bond motifs is 4. The molecular weight excluding hydrogens is 376 g/mol. The van der Waals surface area contributed by atoms with Gasteiger partial charge in [0.25, 0.3) is 0 Å². The van der Waals surface area contributed by atoms with Crippen LogP contribution < -0.4 is 0 Å². The Bertz CT molecular complexity index is 1290. The second kappa shape index (κ2) is 6.18. The maximum Gasteiger partial charge on any atom is 0.134 e. The van der Waals surface area contributed by atoms with Gasteiger partial charge in [-0.25, -0.2) is 0 Å². The van der Waals surface area contributed by atoms with Crippen LogP contribution in [-0.4, -0.2) is 0 Å². The van der Waals surface area contributed by atoms with Crippen molar-refractivity contribution in [2.75, 3.05) is 0 Å². The van der Waals surface area contributed by atoms with Gasteiger partial charge in [-0.1, -0.05) is 103 Å². The molecule has 3 aliphatic rings. The summed E-state index contributed by atoms with van der Waals surface area (Å²) < 4.78 is 6.99. The van der Waals surface area contributed by atoms with Gasteiger partial charge in [-0.2, -0.15) is 0 Å². The first-order valence-corrected chi connectivity index (χ1v) is 11.3. The maximum absolute atomic E-state index is 6.99. The largest absolute Gasteiger partial charge is 0.352 e. The fraction of sp³-hybridized carbons (Fsp3) is 0.200. The number of epoxide rings is 1. The zero-order chi connectivity index (χ0) is 20.5. The van der Waals surface area contributed by atoms with Crippen molar-refractivity contribution >= 4 is 0 Å². The average molecular weight is 401 g/mol. The summed E-state index contributed by atoms with van der Waals surface area (Å²) in [6.45, 7) is 0. The molecule has 0 bridgehead atoms. The standard InChI is InChI=1S/C30H24O/c1-3-10-21(11-4-1)27-18-19-29(30(27,31-29)23-13-5-2-6-14-23)28-17-9-16-25-24-15-8-7-12-22(24)20-26(25)28/h1-17,27H,18-20H2. The molecule has 0 radical (unpaired) electrons. The Morgan fingerprint density at radius 1 is 0.677 bits per heavy atom. The van der Waals surface area contributed by atoms with Gasteiger partial charge in [0.05, 0.1) is 0 Å². The lowest BCUT2D eigenvalue weighted by Crippen LogP contribution is -2.23. The molecule has 4 aromatic carbocycles. The van der Waals surface area contributed by atoms with Crippen molar-refractivity contribution in [3.8, 4) is 11.1 Å². The summed E-state index contributed by atoms with van der Waals surface area (Å²) in [6.07, 6.45) is 3.22. The van der Waals surface area contributed by atoms with Crippen molar-refractivity contribution in [2.45, 2.75) is 36.4 Å². The van der Waals surface area contributed by atoms with Crippen molar-refractivity contribution in [3.63, 3.8) is 0 Å². The van der Waals surface area contributed by atoms with Crippen LogP contribution in [0.2, 0.25) is 0 Å². The van der Waals surface area contributed by atoms with E-state index in [1.807, 2.05) is 0 Å². The molecule has 1 aliphatic heterocycles. The second-order valence-electron chi connectivity index (χ2n) is 9.20. The maximum atomic E-state index is 6.99. The fourth-order valence-electron chi connectivity index (χ4n) is 6.58. The molecule has 1 nitrogen and oxygen atoms in total. The van der Waals surface area contributed by atoms with Crippen LogP contribution in [0.5, 0.6) is 0 Å². The van der Waals surface area contributed by atoms with E-state index in [9.17, 15) is 0 Å². The van der Waals surface area contributed by atoms with Gasteiger partial charge in [0.2, 0.25) is 0 Å². The van der Waals surface area contributed by atoms with Gasteiger partial charge in [-0.3, -0.25) is 0 Å². The van der Waals surface area contributed by atoms with E-state index in [0.29, 0.717) is 5.92 Å². The number of hydrogen-bond acceptors (Lipinski definition) is 1. The van der Waals surface area contributed by atoms with E-state index in [2.05, 4.69) is 103 Å². The van der Waals surface area contributed by atoms with Crippen LogP contribution in [0.1, 0.15) is 46.6 Å². The molecule has 7 rings (SSSR count). The number of benzene rings is 4. The molecule has 4 aromatic rings. The predicted molar refractivity (Wildman–Crippen MR) is 124 cm³/mol. The zero-order valence-electron chi connectivity index (χ0n) is 17.4. The van der Waals surface area contributed by atoms with Crippen molar-refractivity contribution in [3.05, 3.63) is 131 Å². The highest BCUT2D eigenvalue weighted by Gasteiger charge is 2.78. The number of ether oxygens (including phenoxy) is 1. The van der Waals surface area contributed by atoms with E-state index in [4.69, 9.17) is 4.74 Å². The molecule has 2 fully saturated rings. The minimum absolute atomic E-state index is 0.234. The highest BCUT2D eigenvalue weighted by Crippen LogP contribution is 2.76. The third-order valence-electron chi connectivity index (χ3n) is 7.86. The van der Waals surface area contributed by atoms with Gasteiger partial charge < -0.3 is 4.74 Å². The normalized spacial score (nSPS) is 27.4. The summed E-state index contributed by atoms with van der Waals surface area (Å²) in [5, 5.41) is 0. The Morgan fingerprint density at radius 3 is 2.23 bits per heavy atom. The average Bonchev–Trinajstić information content (AvgIpc) is 3.19. The predicted octanol–water partition coefficient (Wildman–Crippen LogP) is 6.96. The van der Waals surface area contributed by atoms with Crippen LogP contribution in [-0.2, 0) is 22.4 Å². The molecule has 0 aromatic heterocycles. The van der Waals surface area contributed by atoms with E-state index in [1.165, 1.54) is 38.9 Å². The topological polar surface area (TPSA) is 12.5 Å². The highest BCUT2D eigenvalue weighted by molar-refractivity contribution is 5.79. The van der Waals surface area contributed by atoms with Gasteiger partial charge in [0.1, 0.15) is 11.2 Å². The Hall–Kier alpha value is -3.16. The van der Waals surface area contributed by atoms with Crippen molar-refractivity contribution in [1.29, 1.82) is 0 Å². The molecule has 3 unspecified atom stereocenters. The van der Waals surface area contributed by atoms with Gasteiger partial charge in [0.15, 0.2) is 0 Å². The van der Waals surface area contributed by atoms with Crippen LogP contribution in [0.4, 0.5) is 0 Å². The van der Waals surface area contributed by atoms with Gasteiger partial charge in [0, 0.05) is 5.92 Å². The first-order valence-electron chi connectivity index (χ1n) is 11.3. The Balaban J connectivity index is 1.42. The van der Waals surface area contributed by atoms with Crippen LogP contribution in [0, 0.1) is 0 Å². The van der Waals surface area contributed by atoms with E-state index in [0.717, 1.165) is 19.3 Å². The monoisotopic (exact) mass is 400 g/mol. The Morgan fingerprint density at radius 2 is 1.39 bits per heavy atom. The summed E-state index contributed by atoms with van der Waals surface area (Å²) >= 11 is 0. The van der Waals surface area contributed by atoms with Crippen LogP contribution >= 0.6 is 0 Å². The lowest BCUT2D eigenvalue weighted by molar-refractivity contribution is 0.197. The molecule has 1 heterocycles. The minimum Gasteiger partial charge on any atom is -0.352 e. The molecule has 0 amide bonds. The van der Waals surface area contributed by atoms with Gasteiger partial charge >= 0.3 is 0 Å². The Labute approximate surface area is 183 Å². The SMILES string of the molecule is c1ccc(C2CCC3(c4cccc5c4Cc4ccccc4-5)OC23c2ccccc2)cc1. The molecule has 31 heavy (non-hydrogen) atoms. The summed E-state index contributed by atoms with van der Waals surface area (Å²) in [7, 11) is 0. The van der Waals surface area contributed by atoms with Crippen LogP contribution in [0.25, 0.3) is 11.1 Å². The third kappa shape index (κ3) is 2.20. The molecule has 0 N–H and O–H groups in total. The molecule has 1 saturated carbocycles. The van der Waals surface area contributed by atoms with Gasteiger partial charge in [-0.15, -0.1) is 0 Å². The van der Waals surface area contributed by atoms with Crippen molar-refractivity contribution in [2.24, 2.45) is 0 Å². The fourth-order valence-corrected chi connectivity index (χ4v) is 6.58. The summed E-state index contributed by atoms with van der Waals surface area (Å²) in [6, 6.07) is 37.6. The smallest absolute Gasteiger partial charge is 0.134 e. The van der Waals surface area contributed by atoms with Crippen LogP contribution in [0.3, 0.4) is 0 Å². The highest BCUT2D eigenvalue weighted by atomic mass is 16.6. The van der Waals surface area contributed by atoms with E-state index in [1.54, 1.807) is 0 Å². The Kier molecular flexibility index (Phi) is 3.49. The molecule has 0 spiro atoms. The van der Waals surface area contributed by atoms with E-state index >= 15 is 0 Å². The van der Waals surface area contributed by atoms with Gasteiger partial charge in [-0.05, 0) is 58.2 Å². The number of rotatable bonds is 3. The summed E-state index contributed by atoms with van der Waals surface area (Å²) in [5.41, 5.74) is 9.28. The lowest BCUT2D eigenvalue weighted by Gasteiger charge is -2.23. The van der Waals surface area contributed by atoms with Crippen molar-refractivity contribution in [1.82, 2.24) is 0 Å². The molecule has 3 atom stereocenters. The zero-order valence-corrected chi connectivity index (χ0v) is 17.4. The van der Waals surface area contributed by atoms with Crippen molar-refractivity contribution < 1.29 is 4.74 Å². The third-order valence-corrected chi connectivity index (χ3v) is 7.86. The molecule has 2 aliphatic carbocycles. The quantitative estimate of drug-likeness (QED) is 0.298. The summed E-state index contributed by atoms with van der Waals surface area (Å²) in [5.74, 6) is 0.371. The number of hydrogen-bond donors (Lipinski definition) is 0. The van der Waals surface area contributed by atoms with E-state index in [-0.39, 0.29) is 11.2 Å². The molecule has 1 heteroatoms. The second-order valence-corrected chi connectivity index (χ2v) is 9.20. The van der Waals surface area contributed by atoms with E-state index < -0.39 is 0 Å².